The van der Waals surface area contributed by atoms with Gasteiger partial charge in [0.05, 0.1) is 0 Å². The van der Waals surface area contributed by atoms with Crippen LogP contribution in [-0.4, -0.2) is 18.9 Å². The summed E-state index contributed by atoms with van der Waals surface area (Å²) in [5.74, 6) is 0.102. The summed E-state index contributed by atoms with van der Waals surface area (Å²) in [5.41, 5.74) is 4.23. The van der Waals surface area contributed by atoms with Gasteiger partial charge in [-0.3, -0.25) is 4.79 Å². The highest BCUT2D eigenvalue weighted by Crippen LogP contribution is 2.32. The second kappa shape index (κ2) is 5.64. The third-order valence-electron chi connectivity index (χ3n) is 4.83. The predicted octanol–water partition coefficient (Wildman–Crippen LogP) is 3.76. The molecule has 2 nitrogen and oxygen atoms in total. The molecule has 1 N–H and O–H groups in total. The van der Waals surface area contributed by atoms with Gasteiger partial charge in [-0.1, -0.05) is 60.7 Å². The average molecular weight is 301 g/mol. The molecule has 3 aromatic rings. The van der Waals surface area contributed by atoms with E-state index in [-0.39, 0.29) is 5.78 Å². The second-order valence-electron chi connectivity index (χ2n) is 6.20. The third kappa shape index (κ3) is 2.36. The summed E-state index contributed by atoms with van der Waals surface area (Å²) >= 11 is 0. The fourth-order valence-corrected chi connectivity index (χ4v) is 3.65. The van der Waals surface area contributed by atoms with Gasteiger partial charge in [-0.2, -0.15) is 0 Å². The zero-order valence-electron chi connectivity index (χ0n) is 13.2. The van der Waals surface area contributed by atoms with Crippen molar-refractivity contribution in [3.8, 4) is 0 Å². The van der Waals surface area contributed by atoms with Crippen molar-refractivity contribution in [3.05, 3.63) is 82.9 Å². The molecule has 23 heavy (non-hydrogen) atoms. The van der Waals surface area contributed by atoms with Gasteiger partial charge in [0.25, 0.3) is 0 Å². The van der Waals surface area contributed by atoms with Crippen LogP contribution in [0, 0.1) is 0 Å². The molecule has 0 saturated carbocycles. The number of ketones is 1. The molecule has 3 aromatic carbocycles. The van der Waals surface area contributed by atoms with Crippen LogP contribution in [0.5, 0.6) is 0 Å². The maximum Gasteiger partial charge on any atom is 0.193 e. The van der Waals surface area contributed by atoms with E-state index < -0.39 is 0 Å². The molecular formula is C21H19NO. The number of benzene rings is 3. The molecule has 0 aliphatic heterocycles. The van der Waals surface area contributed by atoms with Crippen LogP contribution in [0.2, 0.25) is 0 Å². The van der Waals surface area contributed by atoms with Crippen LogP contribution in [-0.2, 0) is 12.8 Å². The van der Waals surface area contributed by atoms with E-state index >= 15 is 0 Å². The van der Waals surface area contributed by atoms with Crippen LogP contribution in [0.25, 0.3) is 10.8 Å². The summed E-state index contributed by atoms with van der Waals surface area (Å²) in [4.78, 5) is 12.9. The normalized spacial score (nSPS) is 16.5. The van der Waals surface area contributed by atoms with Crippen molar-refractivity contribution in [2.45, 2.75) is 18.9 Å². The number of hydrogen-bond donors (Lipinski definition) is 1. The molecule has 0 saturated heterocycles. The van der Waals surface area contributed by atoms with Crippen molar-refractivity contribution in [3.63, 3.8) is 0 Å². The SMILES string of the molecule is CNC1Cc2cccc3c(C(=O)c4ccccc4)ccc(c23)C1. The first-order valence-corrected chi connectivity index (χ1v) is 8.08. The maximum absolute atomic E-state index is 12.9. The van der Waals surface area contributed by atoms with Crippen molar-refractivity contribution in [2.75, 3.05) is 7.05 Å². The van der Waals surface area contributed by atoms with E-state index in [4.69, 9.17) is 0 Å². The number of carbonyl (C=O) groups excluding carboxylic acids is 1. The minimum Gasteiger partial charge on any atom is -0.316 e. The van der Waals surface area contributed by atoms with Crippen LogP contribution in [0.15, 0.2) is 60.7 Å². The molecule has 0 radical (unpaired) electrons. The van der Waals surface area contributed by atoms with Gasteiger partial charge in [0, 0.05) is 17.2 Å². The highest BCUT2D eigenvalue weighted by Gasteiger charge is 2.22. The fourth-order valence-electron chi connectivity index (χ4n) is 3.65. The molecule has 0 spiro atoms. The minimum absolute atomic E-state index is 0.102. The summed E-state index contributed by atoms with van der Waals surface area (Å²) in [7, 11) is 2.02. The van der Waals surface area contributed by atoms with Crippen molar-refractivity contribution in [1.82, 2.24) is 5.32 Å². The molecule has 0 heterocycles. The molecule has 0 bridgehead atoms. The molecule has 4 rings (SSSR count). The fraction of sp³-hybridized carbons (Fsp3) is 0.190. The van der Waals surface area contributed by atoms with Crippen LogP contribution in [0.1, 0.15) is 27.0 Å². The van der Waals surface area contributed by atoms with Gasteiger partial charge < -0.3 is 5.32 Å². The minimum atomic E-state index is 0.102. The molecule has 1 atom stereocenters. The Labute approximate surface area is 136 Å². The highest BCUT2D eigenvalue weighted by molar-refractivity contribution is 6.17. The molecule has 0 fully saturated rings. The second-order valence-corrected chi connectivity index (χ2v) is 6.20. The van der Waals surface area contributed by atoms with Crippen molar-refractivity contribution in [2.24, 2.45) is 0 Å². The van der Waals surface area contributed by atoms with E-state index in [1.165, 1.54) is 16.5 Å². The molecule has 1 aliphatic carbocycles. The van der Waals surface area contributed by atoms with Crippen LogP contribution in [0.3, 0.4) is 0 Å². The Hall–Kier alpha value is -2.45. The number of likely N-dealkylation sites (N-methyl/N-ethyl adjacent to an activating group) is 1. The topological polar surface area (TPSA) is 29.1 Å². The average Bonchev–Trinajstić information content (AvgIpc) is 2.62. The smallest absolute Gasteiger partial charge is 0.193 e. The summed E-state index contributed by atoms with van der Waals surface area (Å²) in [5, 5.41) is 5.75. The molecule has 0 amide bonds. The lowest BCUT2D eigenvalue weighted by Crippen LogP contribution is -2.32. The first kappa shape index (κ1) is 14.2. The Morgan fingerprint density at radius 2 is 1.65 bits per heavy atom. The molecule has 0 aromatic heterocycles. The summed E-state index contributed by atoms with van der Waals surface area (Å²) in [6.07, 6.45) is 2.04. The molecule has 1 aliphatic rings. The molecule has 1 unspecified atom stereocenters. The lowest BCUT2D eigenvalue weighted by Gasteiger charge is -2.25. The first-order valence-electron chi connectivity index (χ1n) is 8.08. The van der Waals surface area contributed by atoms with Gasteiger partial charge in [-0.05, 0) is 41.8 Å². The van der Waals surface area contributed by atoms with E-state index in [0.29, 0.717) is 6.04 Å². The van der Waals surface area contributed by atoms with Crippen molar-refractivity contribution >= 4 is 16.6 Å². The monoisotopic (exact) mass is 301 g/mol. The Kier molecular flexibility index (Phi) is 3.47. The number of rotatable bonds is 3. The standard InChI is InChI=1S/C21H19NO/c1-22-17-12-15-8-5-9-18-19(11-10-16(13-17)20(15)18)21(23)14-6-3-2-4-7-14/h2-11,17,22H,12-13H2,1H3. The van der Waals surface area contributed by atoms with Crippen LogP contribution in [0.4, 0.5) is 0 Å². The van der Waals surface area contributed by atoms with Gasteiger partial charge in [0.15, 0.2) is 5.78 Å². The lowest BCUT2D eigenvalue weighted by atomic mass is 9.83. The molecule has 2 heteroatoms. The number of hydrogen-bond acceptors (Lipinski definition) is 2. The van der Waals surface area contributed by atoms with Gasteiger partial charge in [-0.15, -0.1) is 0 Å². The summed E-state index contributed by atoms with van der Waals surface area (Å²) in [6.45, 7) is 0. The molecular weight excluding hydrogens is 282 g/mol. The Balaban J connectivity index is 1.89. The Bertz CT molecular complexity index is 871. The van der Waals surface area contributed by atoms with E-state index in [0.717, 1.165) is 29.4 Å². The quantitative estimate of drug-likeness (QED) is 0.746. The molecule has 114 valence electrons. The van der Waals surface area contributed by atoms with Gasteiger partial charge in [-0.25, -0.2) is 0 Å². The highest BCUT2D eigenvalue weighted by atomic mass is 16.1. The van der Waals surface area contributed by atoms with Gasteiger partial charge in [0.2, 0.25) is 0 Å². The van der Waals surface area contributed by atoms with Crippen molar-refractivity contribution in [1.29, 1.82) is 0 Å². The number of carbonyl (C=O) groups is 1. The number of nitrogens with one attached hydrogen (secondary N) is 1. The maximum atomic E-state index is 12.9. The zero-order valence-corrected chi connectivity index (χ0v) is 13.2. The van der Waals surface area contributed by atoms with Gasteiger partial charge >= 0.3 is 0 Å². The van der Waals surface area contributed by atoms with Crippen LogP contribution >= 0.6 is 0 Å². The van der Waals surface area contributed by atoms with E-state index in [1.807, 2.05) is 43.4 Å². The zero-order chi connectivity index (χ0) is 15.8. The summed E-state index contributed by atoms with van der Waals surface area (Å²) in [6, 6.07) is 20.5. The summed E-state index contributed by atoms with van der Waals surface area (Å²) < 4.78 is 0. The van der Waals surface area contributed by atoms with E-state index in [2.05, 4.69) is 29.6 Å². The Morgan fingerprint density at radius 3 is 2.39 bits per heavy atom. The van der Waals surface area contributed by atoms with E-state index in [1.54, 1.807) is 0 Å². The van der Waals surface area contributed by atoms with Crippen LogP contribution < -0.4 is 5.32 Å². The predicted molar refractivity (Wildman–Crippen MR) is 94.1 cm³/mol. The lowest BCUT2D eigenvalue weighted by molar-refractivity contribution is 0.104. The van der Waals surface area contributed by atoms with E-state index in [9.17, 15) is 4.79 Å². The first-order chi connectivity index (χ1) is 11.3. The third-order valence-corrected chi connectivity index (χ3v) is 4.83. The largest absolute Gasteiger partial charge is 0.316 e. The van der Waals surface area contributed by atoms with Gasteiger partial charge in [0.1, 0.15) is 0 Å². The Morgan fingerprint density at radius 1 is 0.913 bits per heavy atom. The van der Waals surface area contributed by atoms with Crippen molar-refractivity contribution < 1.29 is 4.79 Å².